The van der Waals surface area contributed by atoms with E-state index in [1.54, 1.807) is 24.1 Å². The molecule has 3 aromatic rings. The second-order valence-electron chi connectivity index (χ2n) is 9.49. The molecule has 9 heteroatoms. The van der Waals surface area contributed by atoms with Gasteiger partial charge >= 0.3 is 0 Å². The first-order valence-corrected chi connectivity index (χ1v) is 11.8. The van der Waals surface area contributed by atoms with Crippen molar-refractivity contribution in [1.29, 1.82) is 5.26 Å². The van der Waals surface area contributed by atoms with Crippen molar-refractivity contribution in [2.45, 2.75) is 44.2 Å². The predicted molar refractivity (Wildman–Crippen MR) is 129 cm³/mol. The molecule has 2 aromatic heterocycles. The normalized spacial score (nSPS) is 19.5. The molecule has 1 saturated heterocycles. The third-order valence-corrected chi connectivity index (χ3v) is 7.39. The average Bonchev–Trinajstić information content (AvgIpc) is 3.61. The number of fused-ring (bicyclic) bond motifs is 1. The Hall–Kier alpha value is -4.06. The molecule has 1 aliphatic carbocycles. The van der Waals surface area contributed by atoms with Crippen LogP contribution < -0.4 is 15.6 Å². The zero-order chi connectivity index (χ0) is 24.6. The quantitative estimate of drug-likeness (QED) is 0.524. The first-order chi connectivity index (χ1) is 16.9. The van der Waals surface area contributed by atoms with Gasteiger partial charge in [0.05, 0.1) is 18.7 Å². The minimum atomic E-state index is -1.11. The molecular weight excluding hydrogens is 446 g/mol. The molecule has 5 rings (SSSR count). The highest BCUT2D eigenvalue weighted by Crippen LogP contribution is 2.48. The molecule has 9 nitrogen and oxygen atoms in total. The molecule has 3 heterocycles. The molecule has 2 amide bonds. The van der Waals surface area contributed by atoms with Crippen molar-refractivity contribution in [1.82, 2.24) is 20.2 Å². The molecule has 1 spiro atoms. The summed E-state index contributed by atoms with van der Waals surface area (Å²) in [6, 6.07) is 10.6. The van der Waals surface area contributed by atoms with Crippen LogP contribution in [0.1, 0.15) is 54.2 Å². The van der Waals surface area contributed by atoms with Gasteiger partial charge in [0.25, 0.3) is 11.5 Å². The highest BCUT2D eigenvalue weighted by atomic mass is 16.5. The Labute approximate surface area is 202 Å². The number of carbonyl (C=O) groups excluding carboxylic acids is 2. The maximum Gasteiger partial charge on any atom is 0.271 e. The molecule has 1 aromatic carbocycles. The van der Waals surface area contributed by atoms with Crippen LogP contribution in [0.2, 0.25) is 0 Å². The number of H-pyrrole nitrogens is 2. The number of amides is 2. The lowest BCUT2D eigenvalue weighted by atomic mass is 9.84. The number of ether oxygens (including phenoxy) is 1. The first kappa shape index (κ1) is 22.7. The molecular formula is C26H27N5O4. The molecule has 1 aliphatic heterocycles. The van der Waals surface area contributed by atoms with Crippen molar-refractivity contribution < 1.29 is 14.3 Å². The number of aromatic nitrogens is 2. The van der Waals surface area contributed by atoms with E-state index < -0.39 is 23.6 Å². The number of rotatable bonds is 5. The van der Waals surface area contributed by atoms with E-state index in [0.717, 1.165) is 36.6 Å². The first-order valence-electron chi connectivity index (χ1n) is 11.8. The smallest absolute Gasteiger partial charge is 0.271 e. The Morgan fingerprint density at radius 3 is 2.77 bits per heavy atom. The summed E-state index contributed by atoms with van der Waals surface area (Å²) in [5.74, 6) is -0.0328. The van der Waals surface area contributed by atoms with Gasteiger partial charge in [-0.1, -0.05) is 18.9 Å². The fraction of sp³-hybridized carbons (Fsp3) is 0.385. The van der Waals surface area contributed by atoms with Gasteiger partial charge in [-0.05, 0) is 55.0 Å². The summed E-state index contributed by atoms with van der Waals surface area (Å²) in [4.78, 5) is 46.7. The topological polar surface area (TPSA) is 131 Å². The lowest BCUT2D eigenvalue weighted by molar-refractivity contribution is -0.125. The van der Waals surface area contributed by atoms with Gasteiger partial charge in [-0.2, -0.15) is 5.26 Å². The number of hydrogen-bond donors (Lipinski definition) is 3. The van der Waals surface area contributed by atoms with Crippen molar-refractivity contribution in [3.8, 4) is 11.8 Å². The van der Waals surface area contributed by atoms with E-state index in [1.165, 1.54) is 12.3 Å². The lowest BCUT2D eigenvalue weighted by Crippen LogP contribution is -2.47. The summed E-state index contributed by atoms with van der Waals surface area (Å²) < 4.78 is 5.42. The van der Waals surface area contributed by atoms with E-state index in [9.17, 15) is 19.6 Å². The van der Waals surface area contributed by atoms with Crippen molar-refractivity contribution in [3.63, 3.8) is 0 Å². The van der Waals surface area contributed by atoms with Crippen LogP contribution in [-0.2, 0) is 4.79 Å². The number of nitrogens with one attached hydrogen (secondary N) is 3. The molecule has 3 N–H and O–H groups in total. The third kappa shape index (κ3) is 4.05. The van der Waals surface area contributed by atoms with Gasteiger partial charge in [0.2, 0.25) is 5.91 Å². The number of pyridine rings is 1. The van der Waals surface area contributed by atoms with Crippen LogP contribution in [0.4, 0.5) is 0 Å². The zero-order valence-corrected chi connectivity index (χ0v) is 19.5. The van der Waals surface area contributed by atoms with Crippen LogP contribution in [0.3, 0.4) is 0 Å². The summed E-state index contributed by atoms with van der Waals surface area (Å²) >= 11 is 0. The van der Waals surface area contributed by atoms with Crippen molar-refractivity contribution in [3.05, 3.63) is 64.2 Å². The van der Waals surface area contributed by atoms with Gasteiger partial charge in [-0.15, -0.1) is 0 Å². The Balaban J connectivity index is 1.45. The molecule has 1 unspecified atom stereocenters. The van der Waals surface area contributed by atoms with Gasteiger partial charge in [-0.3, -0.25) is 14.4 Å². The molecule has 1 saturated carbocycles. The average molecular weight is 474 g/mol. The van der Waals surface area contributed by atoms with E-state index in [1.807, 2.05) is 24.3 Å². The fourth-order valence-electron chi connectivity index (χ4n) is 5.65. The van der Waals surface area contributed by atoms with Gasteiger partial charge in [0, 0.05) is 23.6 Å². The second-order valence-corrected chi connectivity index (χ2v) is 9.49. The summed E-state index contributed by atoms with van der Waals surface area (Å²) in [5.41, 5.74) is 0.786. The summed E-state index contributed by atoms with van der Waals surface area (Å²) in [7, 11) is 1.58. The number of aromatic amines is 2. The highest BCUT2D eigenvalue weighted by molar-refractivity contribution is 6.01. The van der Waals surface area contributed by atoms with E-state index in [2.05, 4.69) is 15.3 Å². The molecule has 180 valence electrons. The molecule has 0 radical (unpaired) electrons. The molecule has 35 heavy (non-hydrogen) atoms. The maximum absolute atomic E-state index is 13.7. The summed E-state index contributed by atoms with van der Waals surface area (Å²) in [5, 5.41) is 13.2. The number of nitriles is 1. The van der Waals surface area contributed by atoms with Crippen LogP contribution in [-0.4, -0.2) is 46.4 Å². The maximum atomic E-state index is 13.7. The van der Waals surface area contributed by atoms with Gasteiger partial charge in [0.1, 0.15) is 23.5 Å². The van der Waals surface area contributed by atoms with Crippen molar-refractivity contribution in [2.24, 2.45) is 5.41 Å². The fourth-order valence-corrected chi connectivity index (χ4v) is 5.65. The SMILES string of the molecule is COc1cccc2[nH]c(C(=O)N3CC4(CCCC4)C[C@H]3C(=O)NC(C#N)c3ccc[nH]c3=O)cc12. The van der Waals surface area contributed by atoms with Crippen molar-refractivity contribution >= 4 is 22.7 Å². The molecule has 0 bridgehead atoms. The Morgan fingerprint density at radius 1 is 1.26 bits per heavy atom. The molecule has 2 atom stereocenters. The van der Waals surface area contributed by atoms with Crippen molar-refractivity contribution in [2.75, 3.05) is 13.7 Å². The van der Waals surface area contributed by atoms with Gasteiger partial charge in [0.15, 0.2) is 0 Å². The Morgan fingerprint density at radius 2 is 2.06 bits per heavy atom. The summed E-state index contributed by atoms with van der Waals surface area (Å²) in [6.07, 6.45) is 6.07. The number of nitrogens with zero attached hydrogens (tertiary/aromatic N) is 2. The Bertz CT molecular complexity index is 1380. The monoisotopic (exact) mass is 473 g/mol. The highest BCUT2D eigenvalue weighted by Gasteiger charge is 2.50. The number of likely N-dealkylation sites (tertiary alicyclic amines) is 1. The van der Waals surface area contributed by atoms with E-state index in [-0.39, 0.29) is 16.9 Å². The van der Waals surface area contributed by atoms with Crippen LogP contribution in [0, 0.1) is 16.7 Å². The minimum absolute atomic E-state index is 0.103. The van der Waals surface area contributed by atoms with Gasteiger partial charge in [-0.25, -0.2) is 0 Å². The molecule has 2 aliphatic rings. The number of benzene rings is 1. The Kier molecular flexibility index (Phi) is 5.81. The predicted octanol–water partition coefficient (Wildman–Crippen LogP) is 3.02. The third-order valence-electron chi connectivity index (χ3n) is 7.39. The second kappa shape index (κ2) is 8.95. The van der Waals surface area contributed by atoms with Crippen LogP contribution in [0.15, 0.2) is 47.4 Å². The number of methoxy groups -OCH3 is 1. The van der Waals surface area contributed by atoms with E-state index >= 15 is 0 Å². The zero-order valence-electron chi connectivity index (χ0n) is 19.5. The van der Waals surface area contributed by atoms with Crippen LogP contribution >= 0.6 is 0 Å². The summed E-state index contributed by atoms with van der Waals surface area (Å²) in [6.45, 7) is 0.486. The number of carbonyl (C=O) groups is 2. The van der Waals surface area contributed by atoms with Gasteiger partial charge < -0.3 is 24.9 Å². The van der Waals surface area contributed by atoms with E-state index in [4.69, 9.17) is 4.74 Å². The largest absolute Gasteiger partial charge is 0.496 e. The van der Waals surface area contributed by atoms with Crippen LogP contribution in [0.25, 0.3) is 10.9 Å². The minimum Gasteiger partial charge on any atom is -0.496 e. The molecule has 2 fully saturated rings. The van der Waals surface area contributed by atoms with Crippen LogP contribution in [0.5, 0.6) is 5.75 Å². The van der Waals surface area contributed by atoms with E-state index in [0.29, 0.717) is 24.4 Å². The number of hydrogen-bond acceptors (Lipinski definition) is 5. The lowest BCUT2D eigenvalue weighted by Gasteiger charge is -2.25. The standard InChI is InChI=1S/C26H27N5O4/c1-35-22-8-4-7-18-17(22)12-19(29-18)25(34)31-15-26(9-2-3-10-26)13-21(31)24(33)30-20(14-27)16-6-5-11-28-23(16)32/h4-8,11-12,20-21,29H,2-3,9-10,13,15H2,1H3,(H,28,32)(H,30,33)/t20?,21-/m0/s1.